The Balaban J connectivity index is 1.73. The van der Waals surface area contributed by atoms with Gasteiger partial charge in [-0.1, -0.05) is 54.6 Å². The number of para-hydroxylation sites is 1. The Hall–Kier alpha value is -3.07. The van der Waals surface area contributed by atoms with Crippen LogP contribution in [0, 0.1) is 0 Å². The van der Waals surface area contributed by atoms with E-state index in [1.807, 2.05) is 85.8 Å². The van der Waals surface area contributed by atoms with E-state index in [0.29, 0.717) is 0 Å². The summed E-state index contributed by atoms with van der Waals surface area (Å²) in [5.74, 6) is 1.12. The molecule has 0 spiro atoms. The molecule has 3 heteroatoms. The third kappa shape index (κ3) is 4.07. The Labute approximate surface area is 147 Å². The van der Waals surface area contributed by atoms with Gasteiger partial charge in [0.05, 0.1) is 13.0 Å². The molecule has 3 aromatic rings. The van der Waals surface area contributed by atoms with Gasteiger partial charge in [0.25, 0.3) is 0 Å². The van der Waals surface area contributed by atoms with E-state index < -0.39 is 0 Å². The van der Waals surface area contributed by atoms with Gasteiger partial charge in [0, 0.05) is 0 Å². The van der Waals surface area contributed by atoms with Crippen molar-refractivity contribution in [2.75, 3.05) is 7.11 Å². The van der Waals surface area contributed by atoms with Crippen LogP contribution >= 0.6 is 0 Å². The summed E-state index contributed by atoms with van der Waals surface area (Å²) >= 11 is 0. The zero-order valence-corrected chi connectivity index (χ0v) is 14.3. The molecule has 3 aromatic carbocycles. The first kappa shape index (κ1) is 16.8. The van der Waals surface area contributed by atoms with E-state index in [1.54, 1.807) is 0 Å². The van der Waals surface area contributed by atoms with E-state index in [-0.39, 0.29) is 11.9 Å². The van der Waals surface area contributed by atoms with Gasteiger partial charge in [-0.15, -0.1) is 0 Å². The second kappa shape index (κ2) is 7.67. The zero-order chi connectivity index (χ0) is 17.6. The van der Waals surface area contributed by atoms with Crippen molar-refractivity contribution in [3.8, 4) is 22.6 Å². The van der Waals surface area contributed by atoms with Gasteiger partial charge < -0.3 is 9.47 Å². The molecular formula is C22H20O3. The second-order valence-electron chi connectivity index (χ2n) is 5.81. The third-order valence-corrected chi connectivity index (χ3v) is 4.13. The fraction of sp³-hybridized carbons (Fsp3) is 0.136. The highest BCUT2D eigenvalue weighted by atomic mass is 16.5. The van der Waals surface area contributed by atoms with Gasteiger partial charge >= 0.3 is 5.97 Å². The van der Waals surface area contributed by atoms with Crippen molar-refractivity contribution in [1.29, 1.82) is 0 Å². The molecule has 126 valence electrons. The standard InChI is InChI=1S/C22H20O3/c1-16(22(23)24-2)17-8-10-18(11-9-17)19-12-14-21(15-13-19)25-20-6-4-3-5-7-20/h3-16H,1-2H3. The van der Waals surface area contributed by atoms with Crippen LogP contribution in [0.5, 0.6) is 11.5 Å². The topological polar surface area (TPSA) is 35.5 Å². The van der Waals surface area contributed by atoms with E-state index in [9.17, 15) is 4.79 Å². The van der Waals surface area contributed by atoms with Crippen LogP contribution in [0.15, 0.2) is 78.9 Å². The van der Waals surface area contributed by atoms with Gasteiger partial charge in [-0.25, -0.2) is 0 Å². The predicted octanol–water partition coefficient (Wildman–Crippen LogP) is 5.42. The Morgan fingerprint density at radius 3 is 1.84 bits per heavy atom. The molecule has 1 atom stereocenters. The third-order valence-electron chi connectivity index (χ3n) is 4.13. The molecule has 1 unspecified atom stereocenters. The maximum absolute atomic E-state index is 11.6. The normalized spacial score (nSPS) is 11.6. The Morgan fingerprint density at radius 2 is 1.28 bits per heavy atom. The van der Waals surface area contributed by atoms with Crippen molar-refractivity contribution in [3.63, 3.8) is 0 Å². The molecule has 0 N–H and O–H groups in total. The number of esters is 1. The van der Waals surface area contributed by atoms with Gasteiger partial charge in [-0.05, 0) is 47.9 Å². The van der Waals surface area contributed by atoms with E-state index in [0.717, 1.165) is 28.2 Å². The van der Waals surface area contributed by atoms with Crippen LogP contribution in [0.1, 0.15) is 18.4 Å². The van der Waals surface area contributed by atoms with Crippen molar-refractivity contribution in [2.45, 2.75) is 12.8 Å². The monoisotopic (exact) mass is 332 g/mol. The lowest BCUT2D eigenvalue weighted by molar-refractivity contribution is -0.141. The highest BCUT2D eigenvalue weighted by molar-refractivity contribution is 5.78. The molecule has 0 fully saturated rings. The molecule has 0 aliphatic carbocycles. The van der Waals surface area contributed by atoms with Crippen LogP contribution in [0.3, 0.4) is 0 Å². The van der Waals surface area contributed by atoms with Gasteiger partial charge in [-0.2, -0.15) is 0 Å². The molecule has 0 amide bonds. The first-order valence-electron chi connectivity index (χ1n) is 8.18. The first-order chi connectivity index (χ1) is 12.2. The molecule has 3 rings (SSSR count). The first-order valence-corrected chi connectivity index (χ1v) is 8.18. The summed E-state index contributed by atoms with van der Waals surface area (Å²) < 4.78 is 10.6. The summed E-state index contributed by atoms with van der Waals surface area (Å²) in [6.07, 6.45) is 0. The number of ether oxygens (including phenoxy) is 2. The van der Waals surface area contributed by atoms with Crippen molar-refractivity contribution in [1.82, 2.24) is 0 Å². The van der Waals surface area contributed by atoms with E-state index >= 15 is 0 Å². The minimum absolute atomic E-state index is 0.227. The van der Waals surface area contributed by atoms with Crippen LogP contribution in [-0.2, 0) is 9.53 Å². The van der Waals surface area contributed by atoms with Crippen molar-refractivity contribution >= 4 is 5.97 Å². The van der Waals surface area contributed by atoms with Crippen molar-refractivity contribution in [3.05, 3.63) is 84.4 Å². The quantitative estimate of drug-likeness (QED) is 0.585. The molecule has 0 heterocycles. The average molecular weight is 332 g/mol. The van der Waals surface area contributed by atoms with Gasteiger partial charge in [-0.3, -0.25) is 4.79 Å². The van der Waals surface area contributed by atoms with Gasteiger partial charge in [0.2, 0.25) is 0 Å². The maximum Gasteiger partial charge on any atom is 0.312 e. The number of benzene rings is 3. The summed E-state index contributed by atoms with van der Waals surface area (Å²) in [5.41, 5.74) is 3.13. The fourth-order valence-corrected chi connectivity index (χ4v) is 2.62. The van der Waals surface area contributed by atoms with Crippen LogP contribution < -0.4 is 4.74 Å². The van der Waals surface area contributed by atoms with Crippen molar-refractivity contribution in [2.24, 2.45) is 0 Å². The summed E-state index contributed by atoms with van der Waals surface area (Å²) in [6, 6.07) is 25.6. The Kier molecular flexibility index (Phi) is 5.14. The molecule has 0 bridgehead atoms. The number of carbonyl (C=O) groups excluding carboxylic acids is 1. The van der Waals surface area contributed by atoms with Crippen LogP contribution in [0.25, 0.3) is 11.1 Å². The number of hydrogen-bond acceptors (Lipinski definition) is 3. The summed E-state index contributed by atoms with van der Waals surface area (Å²) in [6.45, 7) is 1.84. The highest BCUT2D eigenvalue weighted by Crippen LogP contribution is 2.27. The Morgan fingerprint density at radius 1 is 0.760 bits per heavy atom. The SMILES string of the molecule is COC(=O)C(C)c1ccc(-c2ccc(Oc3ccccc3)cc2)cc1. The number of carbonyl (C=O) groups is 1. The lowest BCUT2D eigenvalue weighted by Gasteiger charge is -2.11. The molecule has 25 heavy (non-hydrogen) atoms. The Bertz CT molecular complexity index is 821. The summed E-state index contributed by atoms with van der Waals surface area (Å²) in [5, 5.41) is 0. The summed E-state index contributed by atoms with van der Waals surface area (Å²) in [7, 11) is 1.41. The summed E-state index contributed by atoms with van der Waals surface area (Å²) in [4.78, 5) is 11.6. The van der Waals surface area contributed by atoms with Crippen molar-refractivity contribution < 1.29 is 14.3 Å². The fourth-order valence-electron chi connectivity index (χ4n) is 2.62. The van der Waals surface area contributed by atoms with E-state index in [2.05, 4.69) is 0 Å². The molecule has 0 saturated heterocycles. The van der Waals surface area contributed by atoms with Crippen LogP contribution in [-0.4, -0.2) is 13.1 Å². The predicted molar refractivity (Wildman–Crippen MR) is 98.8 cm³/mol. The molecule has 0 saturated carbocycles. The molecule has 0 radical (unpaired) electrons. The minimum atomic E-state index is -0.263. The number of hydrogen-bond donors (Lipinski definition) is 0. The lowest BCUT2D eigenvalue weighted by Crippen LogP contribution is -2.10. The minimum Gasteiger partial charge on any atom is -0.469 e. The lowest BCUT2D eigenvalue weighted by atomic mass is 9.97. The zero-order valence-electron chi connectivity index (χ0n) is 14.3. The molecule has 0 aliphatic heterocycles. The van der Waals surface area contributed by atoms with Crippen LogP contribution in [0.4, 0.5) is 0 Å². The van der Waals surface area contributed by atoms with Crippen LogP contribution in [0.2, 0.25) is 0 Å². The maximum atomic E-state index is 11.6. The largest absolute Gasteiger partial charge is 0.469 e. The molecular weight excluding hydrogens is 312 g/mol. The second-order valence-corrected chi connectivity index (χ2v) is 5.81. The molecule has 0 aliphatic rings. The number of rotatable bonds is 5. The number of methoxy groups -OCH3 is 1. The van der Waals surface area contributed by atoms with Gasteiger partial charge in [0.15, 0.2) is 0 Å². The van der Waals surface area contributed by atoms with E-state index in [4.69, 9.17) is 9.47 Å². The average Bonchev–Trinajstić information content (AvgIpc) is 2.68. The molecule has 0 aromatic heterocycles. The molecule has 3 nitrogen and oxygen atoms in total. The highest BCUT2D eigenvalue weighted by Gasteiger charge is 2.15. The van der Waals surface area contributed by atoms with E-state index in [1.165, 1.54) is 7.11 Å². The van der Waals surface area contributed by atoms with Gasteiger partial charge in [0.1, 0.15) is 11.5 Å². The smallest absolute Gasteiger partial charge is 0.312 e.